The second-order valence-electron chi connectivity index (χ2n) is 7.97. The normalized spacial score (nSPS) is 11.5. The van der Waals surface area contributed by atoms with Gasteiger partial charge in [-0.3, -0.25) is 4.68 Å². The van der Waals surface area contributed by atoms with Crippen LogP contribution >= 0.6 is 11.3 Å². The maximum Gasteiger partial charge on any atom is 0.319 e. The van der Waals surface area contributed by atoms with Crippen molar-refractivity contribution in [1.82, 2.24) is 20.1 Å². The number of nitrogens with zero attached hydrogens (tertiary/aromatic N) is 3. The molecule has 2 heterocycles. The number of aryl methyl sites for hydroxylation is 2. The minimum absolute atomic E-state index is 0.0168. The number of hydrogen-bond donors (Lipinski definition) is 2. The minimum Gasteiger partial charge on any atom is -0.331 e. The molecule has 3 rings (SSSR count). The molecule has 0 aliphatic rings. The second kappa shape index (κ2) is 8.14. The van der Waals surface area contributed by atoms with Crippen molar-refractivity contribution < 1.29 is 4.79 Å². The van der Waals surface area contributed by atoms with Crippen molar-refractivity contribution in [3.63, 3.8) is 0 Å². The van der Waals surface area contributed by atoms with Gasteiger partial charge in [0.1, 0.15) is 5.01 Å². The van der Waals surface area contributed by atoms with Gasteiger partial charge < -0.3 is 10.6 Å². The average Bonchev–Trinajstić information content (AvgIpc) is 3.20. The van der Waals surface area contributed by atoms with E-state index in [-0.39, 0.29) is 11.4 Å². The summed E-state index contributed by atoms with van der Waals surface area (Å²) < 4.78 is 1.96. The minimum atomic E-state index is -0.240. The van der Waals surface area contributed by atoms with E-state index in [9.17, 15) is 4.79 Å². The molecule has 2 amide bonds. The van der Waals surface area contributed by atoms with Crippen LogP contribution in [0.25, 0.3) is 0 Å². The SMILES string of the molecule is Cc1cc(C)n(Cc2cccc(NC(=O)NCc3nc(C(C)(C)C)cs3)c2)n1. The van der Waals surface area contributed by atoms with Crippen LogP contribution in [0.15, 0.2) is 35.7 Å². The van der Waals surface area contributed by atoms with Crippen molar-refractivity contribution in [1.29, 1.82) is 0 Å². The van der Waals surface area contributed by atoms with E-state index >= 15 is 0 Å². The lowest BCUT2D eigenvalue weighted by Gasteiger charge is -2.14. The Morgan fingerprint density at radius 2 is 2.00 bits per heavy atom. The molecule has 0 atom stereocenters. The standard InChI is InChI=1S/C21H27N5OS/c1-14-9-15(2)26(25-14)12-16-7-6-8-17(10-16)23-20(27)22-11-19-24-18(13-28-19)21(3,4)5/h6-10,13H,11-12H2,1-5H3,(H2,22,23,27). The van der Waals surface area contributed by atoms with Crippen LogP contribution in [0.2, 0.25) is 0 Å². The number of nitrogens with one attached hydrogen (secondary N) is 2. The van der Waals surface area contributed by atoms with Crippen LogP contribution in [-0.2, 0) is 18.5 Å². The molecule has 0 saturated carbocycles. The Bertz CT molecular complexity index is 967. The van der Waals surface area contributed by atoms with Gasteiger partial charge in [0.25, 0.3) is 0 Å². The Balaban J connectivity index is 1.57. The average molecular weight is 398 g/mol. The third-order valence-corrected chi connectivity index (χ3v) is 5.19. The maximum atomic E-state index is 12.3. The molecule has 0 unspecified atom stereocenters. The Morgan fingerprint density at radius 3 is 2.64 bits per heavy atom. The number of benzene rings is 1. The largest absolute Gasteiger partial charge is 0.331 e. The molecule has 0 aliphatic carbocycles. The molecule has 1 aromatic carbocycles. The predicted octanol–water partition coefficient (Wildman–Crippen LogP) is 4.62. The van der Waals surface area contributed by atoms with Crippen molar-refractivity contribution in [3.05, 3.63) is 63.4 Å². The highest BCUT2D eigenvalue weighted by Gasteiger charge is 2.17. The van der Waals surface area contributed by atoms with Gasteiger partial charge in [0.05, 0.1) is 24.5 Å². The van der Waals surface area contributed by atoms with Gasteiger partial charge in [0.2, 0.25) is 0 Å². The quantitative estimate of drug-likeness (QED) is 0.660. The number of thiazole rings is 1. The molecule has 2 N–H and O–H groups in total. The van der Waals surface area contributed by atoms with Crippen LogP contribution in [0.4, 0.5) is 10.5 Å². The summed E-state index contributed by atoms with van der Waals surface area (Å²) in [5.41, 5.74) is 5.02. The van der Waals surface area contributed by atoms with Crippen LogP contribution in [0, 0.1) is 13.8 Å². The fourth-order valence-electron chi connectivity index (χ4n) is 2.82. The summed E-state index contributed by atoms with van der Waals surface area (Å²) in [4.78, 5) is 16.9. The van der Waals surface area contributed by atoms with Crippen LogP contribution in [-0.4, -0.2) is 20.8 Å². The monoisotopic (exact) mass is 397 g/mol. The van der Waals surface area contributed by atoms with Gasteiger partial charge in [-0.25, -0.2) is 9.78 Å². The third kappa shape index (κ3) is 5.19. The molecule has 2 aromatic heterocycles. The van der Waals surface area contributed by atoms with E-state index in [4.69, 9.17) is 0 Å². The molecule has 0 spiro atoms. The molecule has 0 saturated heterocycles. The van der Waals surface area contributed by atoms with Crippen molar-refractivity contribution in [2.75, 3.05) is 5.32 Å². The first-order valence-corrected chi connectivity index (χ1v) is 10.2. The maximum absolute atomic E-state index is 12.3. The molecule has 0 aliphatic heterocycles. The first-order chi connectivity index (χ1) is 13.2. The third-order valence-electron chi connectivity index (χ3n) is 4.34. The van der Waals surface area contributed by atoms with E-state index in [0.717, 1.165) is 33.3 Å². The second-order valence-corrected chi connectivity index (χ2v) is 8.91. The molecular formula is C21H27N5OS. The number of anilines is 1. The van der Waals surface area contributed by atoms with Crippen LogP contribution in [0.1, 0.15) is 48.4 Å². The van der Waals surface area contributed by atoms with Gasteiger partial charge in [-0.1, -0.05) is 32.9 Å². The van der Waals surface area contributed by atoms with E-state index in [1.165, 1.54) is 0 Å². The van der Waals surface area contributed by atoms with Gasteiger partial charge in [-0.2, -0.15) is 5.10 Å². The van der Waals surface area contributed by atoms with Gasteiger partial charge in [0, 0.05) is 22.2 Å². The Morgan fingerprint density at radius 1 is 1.21 bits per heavy atom. The number of amides is 2. The topological polar surface area (TPSA) is 71.8 Å². The van der Waals surface area contributed by atoms with Crippen molar-refractivity contribution in [2.45, 2.75) is 53.1 Å². The van der Waals surface area contributed by atoms with Crippen LogP contribution in [0.3, 0.4) is 0 Å². The molecule has 3 aromatic rings. The van der Waals surface area contributed by atoms with Crippen molar-refractivity contribution >= 4 is 23.1 Å². The molecule has 0 fully saturated rings. The molecule has 7 heteroatoms. The van der Waals surface area contributed by atoms with E-state index < -0.39 is 0 Å². The van der Waals surface area contributed by atoms with E-state index in [1.807, 2.05) is 42.8 Å². The summed E-state index contributed by atoms with van der Waals surface area (Å²) in [6.07, 6.45) is 0. The highest BCUT2D eigenvalue weighted by atomic mass is 32.1. The number of rotatable bonds is 5. The Hall–Kier alpha value is -2.67. The van der Waals surface area contributed by atoms with Crippen molar-refractivity contribution in [2.24, 2.45) is 0 Å². The summed E-state index contributed by atoms with van der Waals surface area (Å²) in [5.74, 6) is 0. The van der Waals surface area contributed by atoms with Gasteiger partial charge in [-0.15, -0.1) is 11.3 Å². The lowest BCUT2D eigenvalue weighted by Crippen LogP contribution is -2.28. The number of hydrogen-bond acceptors (Lipinski definition) is 4. The smallest absolute Gasteiger partial charge is 0.319 e. The summed E-state index contributed by atoms with van der Waals surface area (Å²) in [5, 5.41) is 13.2. The molecule has 6 nitrogen and oxygen atoms in total. The van der Waals surface area contributed by atoms with Crippen LogP contribution < -0.4 is 10.6 Å². The lowest BCUT2D eigenvalue weighted by molar-refractivity contribution is 0.251. The fraction of sp³-hybridized carbons (Fsp3) is 0.381. The molecule has 0 radical (unpaired) electrons. The zero-order valence-electron chi connectivity index (χ0n) is 17.0. The molecule has 28 heavy (non-hydrogen) atoms. The lowest BCUT2D eigenvalue weighted by atomic mass is 9.93. The molecule has 148 valence electrons. The molecular weight excluding hydrogens is 370 g/mol. The van der Waals surface area contributed by atoms with Gasteiger partial charge in [-0.05, 0) is 37.6 Å². The summed E-state index contributed by atoms with van der Waals surface area (Å²) in [7, 11) is 0. The van der Waals surface area contributed by atoms with E-state index in [2.05, 4.69) is 52.9 Å². The van der Waals surface area contributed by atoms with E-state index in [1.54, 1.807) is 11.3 Å². The highest BCUT2D eigenvalue weighted by Crippen LogP contribution is 2.23. The van der Waals surface area contributed by atoms with Crippen LogP contribution in [0.5, 0.6) is 0 Å². The Labute approximate surface area is 170 Å². The number of aromatic nitrogens is 3. The predicted molar refractivity (Wildman–Crippen MR) is 114 cm³/mol. The van der Waals surface area contributed by atoms with E-state index in [0.29, 0.717) is 13.1 Å². The summed E-state index contributed by atoms with van der Waals surface area (Å²) in [6.45, 7) is 11.5. The fourth-order valence-corrected chi connectivity index (χ4v) is 3.78. The van der Waals surface area contributed by atoms with Crippen molar-refractivity contribution in [3.8, 4) is 0 Å². The first-order valence-electron chi connectivity index (χ1n) is 9.30. The summed E-state index contributed by atoms with van der Waals surface area (Å²) >= 11 is 1.57. The first kappa shape index (κ1) is 20.1. The number of urea groups is 1. The van der Waals surface area contributed by atoms with Gasteiger partial charge in [0.15, 0.2) is 0 Å². The summed E-state index contributed by atoms with van der Waals surface area (Å²) in [6, 6.07) is 9.63. The molecule has 0 bridgehead atoms. The van der Waals surface area contributed by atoms with Gasteiger partial charge >= 0.3 is 6.03 Å². The number of carbonyl (C=O) groups excluding carboxylic acids is 1. The number of carbonyl (C=O) groups is 1. The zero-order valence-corrected chi connectivity index (χ0v) is 17.9. The zero-order chi connectivity index (χ0) is 20.3. The highest BCUT2D eigenvalue weighted by molar-refractivity contribution is 7.09. The Kier molecular flexibility index (Phi) is 5.84.